The fraction of sp³-hybridized carbons (Fsp3) is 0.240. The molecule has 176 valence electrons. The predicted molar refractivity (Wildman–Crippen MR) is 137 cm³/mol. The van der Waals surface area contributed by atoms with Crippen molar-refractivity contribution in [3.05, 3.63) is 78.0 Å². The second-order valence-corrected chi connectivity index (χ2v) is 9.68. The van der Waals surface area contributed by atoms with Crippen molar-refractivity contribution in [2.24, 2.45) is 0 Å². The molecule has 0 unspecified atom stereocenters. The van der Waals surface area contributed by atoms with E-state index < -0.39 is 17.9 Å². The number of benzene rings is 2. The molecule has 2 aromatic rings. The Hall–Kier alpha value is -2.66. The van der Waals surface area contributed by atoms with E-state index in [4.69, 9.17) is 14.2 Å². The topological polar surface area (TPSA) is 90.9 Å². The van der Waals surface area contributed by atoms with Gasteiger partial charge in [0.15, 0.2) is 12.4 Å². The first-order valence-electron chi connectivity index (χ1n) is 10.5. The highest BCUT2D eigenvalue weighted by atomic mass is 127. The molecule has 0 bridgehead atoms. The van der Waals surface area contributed by atoms with Gasteiger partial charge in [-0.05, 0) is 70.1 Å². The second kappa shape index (κ2) is 9.91. The monoisotopic (exact) mass is 637 g/mol. The van der Waals surface area contributed by atoms with Crippen LogP contribution in [0.1, 0.15) is 41.3 Å². The molecule has 0 saturated carbocycles. The number of esters is 2. The summed E-state index contributed by atoms with van der Waals surface area (Å²) in [6.07, 6.45) is 0. The Balaban J connectivity index is 1.81. The SMILES string of the molecule is CCOC(=O)COc1c(Br)cc([C@@H]2C(C(=O)OC)=C(C)NC3=C2C(=O)c2ccccc23)cc1I. The molecule has 9 heteroatoms. The molecule has 1 atom stereocenters. The zero-order chi connectivity index (χ0) is 24.6. The molecule has 0 amide bonds. The summed E-state index contributed by atoms with van der Waals surface area (Å²) in [6.45, 7) is 3.56. The highest BCUT2D eigenvalue weighted by Gasteiger charge is 2.43. The van der Waals surface area contributed by atoms with E-state index in [9.17, 15) is 14.4 Å². The van der Waals surface area contributed by atoms with Gasteiger partial charge in [-0.1, -0.05) is 24.3 Å². The van der Waals surface area contributed by atoms with Crippen molar-refractivity contribution in [2.45, 2.75) is 19.8 Å². The lowest BCUT2D eigenvalue weighted by atomic mass is 9.80. The maximum Gasteiger partial charge on any atom is 0.344 e. The fourth-order valence-corrected chi connectivity index (χ4v) is 6.03. The number of nitrogens with one attached hydrogen (secondary N) is 1. The zero-order valence-corrected chi connectivity index (χ0v) is 22.4. The zero-order valence-electron chi connectivity index (χ0n) is 18.7. The Labute approximate surface area is 218 Å². The van der Waals surface area contributed by atoms with Crippen molar-refractivity contribution in [3.8, 4) is 5.75 Å². The van der Waals surface area contributed by atoms with Crippen LogP contribution < -0.4 is 10.1 Å². The van der Waals surface area contributed by atoms with Crippen molar-refractivity contribution in [1.29, 1.82) is 0 Å². The first-order valence-corrected chi connectivity index (χ1v) is 12.4. The Kier molecular flexibility index (Phi) is 7.13. The standard InChI is InChI=1S/C25H21BrINO6/c1-4-33-18(29)11-34-24-16(26)9-13(10-17(24)27)20-19(25(31)32-3)12(2)28-22-14-7-5-6-8-15(14)23(30)21(20)22/h5-10,20,28H,4,11H2,1-3H3/t20-/m1/s1. The molecule has 2 aromatic carbocycles. The van der Waals surface area contributed by atoms with Gasteiger partial charge in [-0.3, -0.25) is 4.79 Å². The molecule has 7 nitrogen and oxygen atoms in total. The Bertz CT molecular complexity index is 1260. The molecule has 1 heterocycles. The number of Topliss-reactive ketones (excluding diaryl/α,β-unsaturated/α-hetero) is 1. The van der Waals surface area contributed by atoms with Gasteiger partial charge in [0.05, 0.1) is 33.0 Å². The van der Waals surface area contributed by atoms with Crippen molar-refractivity contribution >= 4 is 61.9 Å². The summed E-state index contributed by atoms with van der Waals surface area (Å²) in [7, 11) is 1.32. The normalized spacial score (nSPS) is 16.6. The molecule has 1 aliphatic heterocycles. The number of rotatable bonds is 6. The Morgan fingerprint density at radius 1 is 1.18 bits per heavy atom. The number of methoxy groups -OCH3 is 1. The third-order valence-electron chi connectivity index (χ3n) is 5.65. The van der Waals surface area contributed by atoms with Crippen LogP contribution in [0.4, 0.5) is 0 Å². The number of hydrogen-bond acceptors (Lipinski definition) is 7. The second-order valence-electron chi connectivity index (χ2n) is 7.66. The lowest BCUT2D eigenvalue weighted by molar-refractivity contribution is -0.145. The lowest BCUT2D eigenvalue weighted by Crippen LogP contribution is -2.29. The fourth-order valence-electron chi connectivity index (χ4n) is 4.26. The summed E-state index contributed by atoms with van der Waals surface area (Å²) in [4.78, 5) is 38.1. The van der Waals surface area contributed by atoms with Crippen LogP contribution in [0.15, 0.2) is 57.7 Å². The van der Waals surface area contributed by atoms with Gasteiger partial charge in [-0.2, -0.15) is 0 Å². The summed E-state index contributed by atoms with van der Waals surface area (Å²) in [5.74, 6) is -1.29. The van der Waals surface area contributed by atoms with Gasteiger partial charge >= 0.3 is 11.9 Å². The van der Waals surface area contributed by atoms with E-state index in [2.05, 4.69) is 43.8 Å². The molecule has 1 N–H and O–H groups in total. The quantitative estimate of drug-likeness (QED) is 0.362. The van der Waals surface area contributed by atoms with Crippen molar-refractivity contribution in [2.75, 3.05) is 20.3 Å². The number of fused-ring (bicyclic) bond motifs is 2. The maximum atomic E-state index is 13.5. The largest absolute Gasteiger partial charge is 0.480 e. The van der Waals surface area contributed by atoms with E-state index in [1.54, 1.807) is 26.0 Å². The van der Waals surface area contributed by atoms with Gasteiger partial charge in [-0.25, -0.2) is 9.59 Å². The van der Waals surface area contributed by atoms with Gasteiger partial charge in [0.25, 0.3) is 0 Å². The molecule has 0 fully saturated rings. The molecule has 0 saturated heterocycles. The molecule has 34 heavy (non-hydrogen) atoms. The van der Waals surface area contributed by atoms with E-state index in [0.717, 1.165) is 11.1 Å². The van der Waals surface area contributed by atoms with Crippen LogP contribution in [-0.4, -0.2) is 38.0 Å². The molecular formula is C25H21BrINO6. The highest BCUT2D eigenvalue weighted by molar-refractivity contribution is 14.1. The van der Waals surface area contributed by atoms with Crippen molar-refractivity contribution in [1.82, 2.24) is 5.32 Å². The third-order valence-corrected chi connectivity index (χ3v) is 7.04. The van der Waals surface area contributed by atoms with E-state index in [1.165, 1.54) is 7.11 Å². The molecule has 0 aromatic heterocycles. The van der Waals surface area contributed by atoms with Crippen molar-refractivity contribution < 1.29 is 28.6 Å². The minimum Gasteiger partial charge on any atom is -0.480 e. The number of hydrogen-bond donors (Lipinski definition) is 1. The number of carbonyl (C=O) groups excluding carboxylic acids is 3. The smallest absolute Gasteiger partial charge is 0.344 e. The van der Waals surface area contributed by atoms with Crippen molar-refractivity contribution in [3.63, 3.8) is 0 Å². The van der Waals surface area contributed by atoms with Gasteiger partial charge in [-0.15, -0.1) is 0 Å². The number of halogens is 2. The highest BCUT2D eigenvalue weighted by Crippen LogP contribution is 2.48. The molecule has 0 spiro atoms. The molecular weight excluding hydrogens is 617 g/mol. The number of ketones is 1. The maximum absolute atomic E-state index is 13.5. The van der Waals surface area contributed by atoms with Gasteiger partial charge in [0, 0.05) is 28.3 Å². The summed E-state index contributed by atoms with van der Waals surface area (Å²) in [5.41, 5.74) is 4.29. The van der Waals surface area contributed by atoms with E-state index in [0.29, 0.717) is 41.9 Å². The number of allylic oxidation sites excluding steroid dienone is 2. The first-order chi connectivity index (χ1) is 16.3. The van der Waals surface area contributed by atoms with Crippen LogP contribution in [-0.2, 0) is 19.1 Å². The number of carbonyl (C=O) groups is 3. The average molecular weight is 638 g/mol. The number of ether oxygens (including phenoxy) is 3. The minimum absolute atomic E-state index is 0.134. The van der Waals surface area contributed by atoms with Gasteiger partial charge in [0.1, 0.15) is 5.75 Å². The lowest BCUT2D eigenvalue weighted by Gasteiger charge is -2.29. The van der Waals surface area contributed by atoms with E-state index in [-0.39, 0.29) is 19.0 Å². The van der Waals surface area contributed by atoms with Crippen LogP contribution in [0.5, 0.6) is 5.75 Å². The summed E-state index contributed by atoms with van der Waals surface area (Å²) in [6, 6.07) is 11.0. The predicted octanol–water partition coefficient (Wildman–Crippen LogP) is 4.74. The van der Waals surface area contributed by atoms with Crippen LogP contribution >= 0.6 is 38.5 Å². The Morgan fingerprint density at radius 3 is 2.53 bits per heavy atom. The van der Waals surface area contributed by atoms with Crippen LogP contribution in [0.25, 0.3) is 5.70 Å². The summed E-state index contributed by atoms with van der Waals surface area (Å²) in [5, 5.41) is 3.26. The van der Waals surface area contributed by atoms with Crippen LogP contribution in [0.3, 0.4) is 0 Å². The Morgan fingerprint density at radius 2 is 1.88 bits per heavy atom. The van der Waals surface area contributed by atoms with Gasteiger partial charge < -0.3 is 19.5 Å². The average Bonchev–Trinajstić information content (AvgIpc) is 3.09. The minimum atomic E-state index is -0.646. The van der Waals surface area contributed by atoms with Crippen LogP contribution in [0.2, 0.25) is 0 Å². The first kappa shape index (κ1) is 24.5. The molecule has 0 radical (unpaired) electrons. The van der Waals surface area contributed by atoms with E-state index in [1.807, 2.05) is 24.3 Å². The summed E-state index contributed by atoms with van der Waals surface area (Å²) >= 11 is 5.63. The van der Waals surface area contributed by atoms with E-state index >= 15 is 0 Å². The molecule has 1 aliphatic carbocycles. The molecule has 2 aliphatic rings. The summed E-state index contributed by atoms with van der Waals surface area (Å²) < 4.78 is 17.0. The third kappa shape index (κ3) is 4.26. The molecule has 4 rings (SSSR count). The number of dihydropyridines is 1. The van der Waals surface area contributed by atoms with Crippen LogP contribution in [0, 0.1) is 3.57 Å². The van der Waals surface area contributed by atoms with Gasteiger partial charge in [0.2, 0.25) is 0 Å².